The van der Waals surface area contributed by atoms with Crippen molar-refractivity contribution in [3.8, 4) is 11.1 Å². The number of pyridine rings is 2. The highest BCUT2D eigenvalue weighted by Gasteiger charge is 2.17. The largest absolute Gasteiger partial charge is 0.465 e. The van der Waals surface area contributed by atoms with Gasteiger partial charge >= 0.3 is 12.1 Å². The van der Waals surface area contributed by atoms with E-state index in [1.165, 1.54) is 38.2 Å². The van der Waals surface area contributed by atoms with E-state index in [0.29, 0.717) is 33.3 Å². The van der Waals surface area contributed by atoms with Gasteiger partial charge in [-0.2, -0.15) is 0 Å². The number of amides is 3. The van der Waals surface area contributed by atoms with Gasteiger partial charge in [-0.25, -0.2) is 23.4 Å². The number of fused-ring (bicyclic) bond motifs is 1. The highest BCUT2D eigenvalue weighted by molar-refractivity contribution is 5.92. The summed E-state index contributed by atoms with van der Waals surface area (Å²) in [5, 5.41) is 16.7. The average molecular weight is 457 g/mol. The van der Waals surface area contributed by atoms with Crippen LogP contribution in [0.3, 0.4) is 0 Å². The zero-order valence-corrected chi connectivity index (χ0v) is 18.7. The fourth-order valence-electron chi connectivity index (χ4n) is 3.31. The van der Waals surface area contributed by atoms with Crippen LogP contribution in [0, 0.1) is 19.7 Å². The molecule has 2 aromatic heterocycles. The van der Waals surface area contributed by atoms with Crippen molar-refractivity contribution in [1.29, 1.82) is 0 Å². The third-order valence-electron chi connectivity index (χ3n) is 4.98. The van der Waals surface area contributed by atoms with Crippen LogP contribution in [0.15, 0.2) is 30.5 Å². The van der Waals surface area contributed by atoms with Gasteiger partial charge in [0.25, 0.3) is 0 Å². The first kappa shape index (κ1) is 23.8. The van der Waals surface area contributed by atoms with Crippen molar-refractivity contribution >= 4 is 34.5 Å². The van der Waals surface area contributed by atoms with Crippen LogP contribution in [0.1, 0.15) is 31.5 Å². The van der Waals surface area contributed by atoms with E-state index in [1.807, 2.05) is 6.07 Å². The molecule has 3 aromatic rings. The van der Waals surface area contributed by atoms with Crippen LogP contribution in [0.5, 0.6) is 0 Å². The number of rotatable bonds is 6. The van der Waals surface area contributed by atoms with Gasteiger partial charge in [-0.1, -0.05) is 0 Å². The zero-order valence-electron chi connectivity index (χ0n) is 18.7. The van der Waals surface area contributed by atoms with E-state index in [0.717, 1.165) is 0 Å². The molecule has 1 aromatic carbocycles. The minimum atomic E-state index is -1.42. The third kappa shape index (κ3) is 6.12. The monoisotopic (exact) mass is 457 g/mol. The van der Waals surface area contributed by atoms with Gasteiger partial charge in [0.05, 0.1) is 11.2 Å². The van der Waals surface area contributed by atoms with E-state index in [1.54, 1.807) is 13.8 Å². The topological polar surface area (TPSA) is 116 Å². The standard InChI is InChI=1S/C23H25F2N5O3/c1-12-7-17(24)19(29-21(31)26-6-5-23(3,4)25)9-15(12)16-8-14-11-27-20(30-22(32)33)10-18(14)28-13(16)2/h7-11H,5-6H2,1-4H3,(H,27,30)(H,32,33)(H2,26,29,31). The first-order valence-electron chi connectivity index (χ1n) is 10.2. The lowest BCUT2D eigenvalue weighted by Gasteiger charge is -2.16. The molecule has 0 atom stereocenters. The Kier molecular flexibility index (Phi) is 6.75. The maximum Gasteiger partial charge on any atom is 0.410 e. The Balaban J connectivity index is 1.90. The number of benzene rings is 1. The maximum atomic E-state index is 14.5. The summed E-state index contributed by atoms with van der Waals surface area (Å²) in [7, 11) is 0. The SMILES string of the molecule is Cc1cc(F)c(NC(=O)NCCC(C)(C)F)cc1-c1cc2cnc(NC(=O)O)cc2nc1C. The van der Waals surface area contributed by atoms with Crippen LogP contribution in [0.2, 0.25) is 0 Å². The van der Waals surface area contributed by atoms with Crippen LogP contribution in [-0.2, 0) is 0 Å². The Morgan fingerprint density at radius 3 is 2.48 bits per heavy atom. The summed E-state index contributed by atoms with van der Waals surface area (Å²) in [4.78, 5) is 31.6. The van der Waals surface area contributed by atoms with Gasteiger partial charge in [0.15, 0.2) is 0 Å². The first-order valence-corrected chi connectivity index (χ1v) is 10.2. The maximum absolute atomic E-state index is 14.5. The minimum absolute atomic E-state index is 0.0220. The quantitative estimate of drug-likeness (QED) is 0.395. The van der Waals surface area contributed by atoms with Gasteiger partial charge in [-0.3, -0.25) is 10.3 Å². The summed E-state index contributed by atoms with van der Waals surface area (Å²) in [6, 6.07) is 5.55. The second-order valence-electron chi connectivity index (χ2n) is 8.31. The van der Waals surface area contributed by atoms with Crippen LogP contribution >= 0.6 is 0 Å². The lowest BCUT2D eigenvalue weighted by Crippen LogP contribution is -2.32. The van der Waals surface area contributed by atoms with Gasteiger partial charge in [-0.05, 0) is 63.4 Å². The molecule has 3 rings (SSSR count). The number of carbonyl (C=O) groups excluding carboxylic acids is 1. The second-order valence-corrected chi connectivity index (χ2v) is 8.31. The minimum Gasteiger partial charge on any atom is -0.465 e. The molecule has 2 heterocycles. The van der Waals surface area contributed by atoms with Crippen molar-refractivity contribution < 1.29 is 23.5 Å². The molecule has 0 fully saturated rings. The predicted molar refractivity (Wildman–Crippen MR) is 123 cm³/mol. The normalized spacial score (nSPS) is 11.3. The van der Waals surface area contributed by atoms with E-state index in [4.69, 9.17) is 5.11 Å². The van der Waals surface area contributed by atoms with Crippen molar-refractivity contribution in [3.63, 3.8) is 0 Å². The molecule has 0 aliphatic carbocycles. The molecular weight excluding hydrogens is 432 g/mol. The molecule has 8 nitrogen and oxygen atoms in total. The molecule has 0 radical (unpaired) electrons. The number of nitrogens with one attached hydrogen (secondary N) is 3. The Bertz CT molecular complexity index is 1220. The Morgan fingerprint density at radius 1 is 1.09 bits per heavy atom. The number of hydrogen-bond donors (Lipinski definition) is 4. The van der Waals surface area contributed by atoms with Crippen LogP contribution in [0.25, 0.3) is 22.0 Å². The number of aromatic nitrogens is 2. The van der Waals surface area contributed by atoms with Gasteiger partial charge in [0.2, 0.25) is 0 Å². The number of hydrogen-bond acceptors (Lipinski definition) is 4. The van der Waals surface area contributed by atoms with Crippen LogP contribution in [0.4, 0.5) is 29.9 Å². The fraction of sp³-hybridized carbons (Fsp3) is 0.304. The molecule has 33 heavy (non-hydrogen) atoms. The predicted octanol–water partition coefficient (Wildman–Crippen LogP) is 5.40. The molecule has 0 aliphatic rings. The smallest absolute Gasteiger partial charge is 0.410 e. The van der Waals surface area contributed by atoms with E-state index < -0.39 is 23.6 Å². The fourth-order valence-corrected chi connectivity index (χ4v) is 3.31. The Labute approximate surface area is 189 Å². The average Bonchev–Trinajstić information content (AvgIpc) is 2.68. The first-order chi connectivity index (χ1) is 15.4. The Hall–Kier alpha value is -3.82. The number of carboxylic acid groups (broad SMARTS) is 1. The number of anilines is 2. The van der Waals surface area contributed by atoms with Gasteiger partial charge in [0, 0.05) is 35.5 Å². The number of halogens is 2. The summed E-state index contributed by atoms with van der Waals surface area (Å²) in [5.74, 6) is -0.448. The molecular formula is C23H25F2N5O3. The number of urea groups is 1. The van der Waals surface area contributed by atoms with Crippen molar-refractivity contribution in [2.24, 2.45) is 0 Å². The van der Waals surface area contributed by atoms with E-state index in [2.05, 4.69) is 25.9 Å². The molecule has 0 bridgehead atoms. The number of alkyl halides is 1. The molecule has 3 amide bonds. The van der Waals surface area contributed by atoms with E-state index >= 15 is 0 Å². The molecule has 0 aliphatic heterocycles. The molecule has 0 saturated heterocycles. The van der Waals surface area contributed by atoms with Crippen molar-refractivity contribution in [2.75, 3.05) is 17.2 Å². The lowest BCUT2D eigenvalue weighted by atomic mass is 9.97. The highest BCUT2D eigenvalue weighted by atomic mass is 19.1. The van der Waals surface area contributed by atoms with Crippen LogP contribution in [-0.4, -0.2) is 39.4 Å². The number of nitrogens with zero attached hydrogens (tertiary/aromatic N) is 2. The van der Waals surface area contributed by atoms with Gasteiger partial charge in [0.1, 0.15) is 17.3 Å². The summed E-state index contributed by atoms with van der Waals surface area (Å²) in [6.07, 6.45) is 0.394. The van der Waals surface area contributed by atoms with E-state index in [-0.39, 0.29) is 24.5 Å². The molecule has 4 N–H and O–H groups in total. The summed E-state index contributed by atoms with van der Waals surface area (Å²) in [6.45, 7) is 6.46. The molecule has 0 spiro atoms. The summed E-state index contributed by atoms with van der Waals surface area (Å²) in [5.41, 5.74) is 1.74. The third-order valence-corrected chi connectivity index (χ3v) is 4.98. The second kappa shape index (κ2) is 9.35. The molecule has 0 saturated carbocycles. The number of carbonyl (C=O) groups is 2. The highest BCUT2D eigenvalue weighted by Crippen LogP contribution is 2.32. The summed E-state index contributed by atoms with van der Waals surface area (Å²) >= 11 is 0. The van der Waals surface area contributed by atoms with E-state index in [9.17, 15) is 18.4 Å². The van der Waals surface area contributed by atoms with Crippen molar-refractivity contribution in [2.45, 2.75) is 39.8 Å². The van der Waals surface area contributed by atoms with Gasteiger partial charge < -0.3 is 15.7 Å². The van der Waals surface area contributed by atoms with Crippen LogP contribution < -0.4 is 16.0 Å². The summed E-state index contributed by atoms with van der Waals surface area (Å²) < 4.78 is 28.1. The zero-order chi connectivity index (χ0) is 24.3. The molecule has 0 unspecified atom stereocenters. The number of aryl methyl sites for hydroxylation is 2. The Morgan fingerprint density at radius 2 is 1.82 bits per heavy atom. The van der Waals surface area contributed by atoms with Crippen molar-refractivity contribution in [3.05, 3.63) is 47.5 Å². The van der Waals surface area contributed by atoms with Crippen molar-refractivity contribution in [1.82, 2.24) is 15.3 Å². The molecule has 10 heteroatoms. The lowest BCUT2D eigenvalue weighted by molar-refractivity contribution is 0.199. The molecule has 174 valence electrons. The van der Waals surface area contributed by atoms with Gasteiger partial charge in [-0.15, -0.1) is 0 Å².